The number of aryl methyl sites for hydroxylation is 1. The van der Waals surface area contributed by atoms with Gasteiger partial charge in [-0.15, -0.1) is 0 Å². The molecule has 8 rings (SSSR count). The van der Waals surface area contributed by atoms with Gasteiger partial charge in [-0.3, -0.25) is 4.79 Å². The molecule has 0 N–H and O–H groups in total. The number of benzene rings is 1. The van der Waals surface area contributed by atoms with Gasteiger partial charge in [-0.1, -0.05) is 20.3 Å². The highest BCUT2D eigenvalue weighted by Gasteiger charge is 2.50. The highest BCUT2D eigenvalue weighted by Crippen LogP contribution is 2.42. The summed E-state index contributed by atoms with van der Waals surface area (Å²) in [5.41, 5.74) is 2.40. The number of esters is 1. The van der Waals surface area contributed by atoms with Crippen molar-refractivity contribution < 1.29 is 28.2 Å². The minimum atomic E-state index is -1.71. The zero-order valence-corrected chi connectivity index (χ0v) is 28.2. The lowest BCUT2D eigenvalue weighted by atomic mass is 9.85. The van der Waals surface area contributed by atoms with Crippen molar-refractivity contribution in [2.45, 2.75) is 83.6 Å². The molecule has 50 heavy (non-hydrogen) atoms. The molecule has 0 unspecified atom stereocenters. The number of hydrogen-bond donors (Lipinski definition) is 0. The number of amides is 1. The van der Waals surface area contributed by atoms with Gasteiger partial charge in [0.25, 0.3) is 5.56 Å². The molecule has 7 heterocycles. The molecule has 1 amide bonds. The molecule has 13 heteroatoms. The first-order chi connectivity index (χ1) is 24.3. The third-order valence-electron chi connectivity index (χ3n) is 10.8. The van der Waals surface area contributed by atoms with E-state index in [0.717, 1.165) is 54.8 Å². The van der Waals surface area contributed by atoms with Crippen molar-refractivity contribution in [2.24, 2.45) is 0 Å². The number of hydrogen-bond acceptors (Lipinski definition) is 10. The number of piperidine rings is 2. The number of pyridine rings is 2. The van der Waals surface area contributed by atoms with Crippen LogP contribution in [0.25, 0.3) is 22.3 Å². The van der Waals surface area contributed by atoms with Gasteiger partial charge in [0.1, 0.15) is 12.4 Å². The average molecular weight is 683 g/mol. The molecule has 260 valence electrons. The second-order valence-electron chi connectivity index (χ2n) is 13.5. The highest BCUT2D eigenvalue weighted by atomic mass is 19.1. The van der Waals surface area contributed by atoms with E-state index in [2.05, 4.69) is 14.9 Å². The molecule has 2 fully saturated rings. The maximum absolute atomic E-state index is 14.1. The van der Waals surface area contributed by atoms with Gasteiger partial charge in [-0.05, 0) is 81.4 Å². The summed E-state index contributed by atoms with van der Waals surface area (Å²) in [4.78, 5) is 57.8. The summed E-state index contributed by atoms with van der Waals surface area (Å²) >= 11 is 0. The van der Waals surface area contributed by atoms with Crippen LogP contribution in [0.1, 0.15) is 74.6 Å². The van der Waals surface area contributed by atoms with Crippen molar-refractivity contribution >= 4 is 23.0 Å². The number of likely N-dealkylation sites (tertiary alicyclic amines) is 2. The standard InChI is InChI=1S/C37H39FN6O6/c1-3-25-26-16-24(49-36(47)43-14-10-23(11-15-43)42-12-6-5-7-13-42)8-9-30(26)41-32-27(25)20-44-31(32)17-29-28(33(44)45)21-48-34(46)37(29,4-2)50-35-39-18-22(38)19-40-35/h8-9,16-19,23H,3-7,10-15,20-21H2,1-2H3/t37-/m0/s1. The molecular weight excluding hydrogens is 643 g/mol. The molecule has 1 atom stereocenters. The van der Waals surface area contributed by atoms with Crippen molar-refractivity contribution in [3.63, 3.8) is 0 Å². The minimum Gasteiger partial charge on any atom is -0.457 e. The summed E-state index contributed by atoms with van der Waals surface area (Å²) in [6.45, 7) is 7.52. The molecule has 12 nitrogen and oxygen atoms in total. The average Bonchev–Trinajstić information content (AvgIpc) is 3.51. The van der Waals surface area contributed by atoms with Gasteiger partial charge in [0.15, 0.2) is 5.82 Å². The largest absolute Gasteiger partial charge is 0.457 e. The van der Waals surface area contributed by atoms with E-state index >= 15 is 0 Å². The molecule has 4 aliphatic rings. The Morgan fingerprint density at radius 1 is 1.02 bits per heavy atom. The number of fused-ring (bicyclic) bond motifs is 5. The van der Waals surface area contributed by atoms with E-state index in [1.54, 1.807) is 28.5 Å². The van der Waals surface area contributed by atoms with Crippen molar-refractivity contribution in [3.05, 3.63) is 75.1 Å². The predicted octanol–water partition coefficient (Wildman–Crippen LogP) is 5.11. The molecule has 1 aromatic carbocycles. The summed E-state index contributed by atoms with van der Waals surface area (Å²) < 4.78 is 32.6. The van der Waals surface area contributed by atoms with Crippen molar-refractivity contribution in [2.75, 3.05) is 26.2 Å². The summed E-state index contributed by atoms with van der Waals surface area (Å²) in [7, 11) is 0. The number of rotatable bonds is 6. The second kappa shape index (κ2) is 12.8. The molecule has 0 aliphatic carbocycles. The zero-order valence-electron chi connectivity index (χ0n) is 28.2. The number of aromatic nitrogens is 4. The van der Waals surface area contributed by atoms with Crippen molar-refractivity contribution in [1.29, 1.82) is 0 Å². The Labute approximate surface area is 288 Å². The Morgan fingerprint density at radius 3 is 2.50 bits per heavy atom. The quantitative estimate of drug-likeness (QED) is 0.223. The van der Waals surface area contributed by atoms with Crippen molar-refractivity contribution in [1.82, 2.24) is 29.3 Å². The zero-order chi connectivity index (χ0) is 34.6. The number of carbonyl (C=O) groups excluding carboxylic acids is 2. The van der Waals surface area contributed by atoms with Crippen LogP contribution in [-0.4, -0.2) is 73.6 Å². The SMILES string of the molecule is CCc1c2c(nc3ccc(OC(=O)N4CCC(N5CCCCC5)CC4)cc13)-c1cc3c(c(=O)n1C2)COC(=O)[C@@]3(CC)Oc1ncc(F)cn1. The lowest BCUT2D eigenvalue weighted by Gasteiger charge is -2.39. The first-order valence-corrected chi connectivity index (χ1v) is 17.6. The monoisotopic (exact) mass is 682 g/mol. The number of cyclic esters (lactones) is 1. The molecule has 4 aliphatic heterocycles. The Morgan fingerprint density at radius 2 is 1.78 bits per heavy atom. The fraction of sp³-hybridized carbons (Fsp3) is 0.459. The normalized spacial score (nSPS) is 20.6. The van der Waals surface area contributed by atoms with Crippen LogP contribution < -0.4 is 15.0 Å². The van der Waals surface area contributed by atoms with Crippen LogP contribution >= 0.6 is 0 Å². The lowest BCUT2D eigenvalue weighted by molar-refractivity contribution is -0.169. The van der Waals surface area contributed by atoms with E-state index in [0.29, 0.717) is 59.3 Å². The Bertz CT molecular complexity index is 2050. The van der Waals surface area contributed by atoms with Crippen LogP contribution in [0.5, 0.6) is 11.8 Å². The topological polar surface area (TPSA) is 129 Å². The molecule has 2 saturated heterocycles. The summed E-state index contributed by atoms with van der Waals surface area (Å²) in [6.07, 6.45) is 8.04. The van der Waals surface area contributed by atoms with Gasteiger partial charge in [0.05, 0.1) is 41.4 Å². The molecule has 0 saturated carbocycles. The third-order valence-corrected chi connectivity index (χ3v) is 10.8. The van der Waals surface area contributed by atoms with E-state index in [9.17, 15) is 18.8 Å². The van der Waals surface area contributed by atoms with Gasteiger partial charge >= 0.3 is 18.1 Å². The van der Waals surface area contributed by atoms with E-state index in [4.69, 9.17) is 19.2 Å². The van der Waals surface area contributed by atoms with E-state index in [1.165, 1.54) is 19.3 Å². The number of halogens is 1. The maximum atomic E-state index is 14.1. The van der Waals surface area contributed by atoms with Crippen LogP contribution in [-0.2, 0) is 34.7 Å². The van der Waals surface area contributed by atoms with E-state index < -0.39 is 17.4 Å². The fourth-order valence-corrected chi connectivity index (χ4v) is 8.14. The second-order valence-corrected chi connectivity index (χ2v) is 13.5. The van der Waals surface area contributed by atoms with Gasteiger partial charge in [-0.25, -0.2) is 28.9 Å². The van der Waals surface area contributed by atoms with Crippen LogP contribution in [0.2, 0.25) is 0 Å². The number of carbonyl (C=O) groups is 2. The predicted molar refractivity (Wildman–Crippen MR) is 180 cm³/mol. The maximum Gasteiger partial charge on any atom is 0.415 e. The van der Waals surface area contributed by atoms with Crippen LogP contribution in [0.3, 0.4) is 0 Å². The first-order valence-electron chi connectivity index (χ1n) is 17.6. The van der Waals surface area contributed by atoms with Gasteiger partial charge in [-0.2, -0.15) is 0 Å². The third kappa shape index (κ3) is 5.38. The molecule has 0 spiro atoms. The summed E-state index contributed by atoms with van der Waals surface area (Å²) in [6, 6.07) is 7.55. The lowest BCUT2D eigenvalue weighted by Crippen LogP contribution is -2.48. The van der Waals surface area contributed by atoms with E-state index in [1.807, 2.05) is 19.1 Å². The Kier molecular flexibility index (Phi) is 8.25. The molecule has 0 bridgehead atoms. The van der Waals surface area contributed by atoms with Crippen LogP contribution in [0, 0.1) is 5.82 Å². The van der Waals surface area contributed by atoms with Gasteiger partial charge < -0.3 is 28.6 Å². The summed E-state index contributed by atoms with van der Waals surface area (Å²) in [5, 5.41) is 0.851. The van der Waals surface area contributed by atoms with Crippen LogP contribution in [0.4, 0.5) is 9.18 Å². The fourth-order valence-electron chi connectivity index (χ4n) is 8.14. The Hall–Kier alpha value is -4.91. The smallest absolute Gasteiger partial charge is 0.415 e. The molecular formula is C37H39FN6O6. The molecule has 3 aromatic heterocycles. The van der Waals surface area contributed by atoms with E-state index in [-0.39, 0.29) is 37.2 Å². The highest BCUT2D eigenvalue weighted by molar-refractivity contribution is 5.90. The minimum absolute atomic E-state index is 0.110. The summed E-state index contributed by atoms with van der Waals surface area (Å²) in [5.74, 6) is -0.887. The van der Waals surface area contributed by atoms with Crippen LogP contribution in [0.15, 0.2) is 41.5 Å². The number of ether oxygens (including phenoxy) is 3. The molecule has 4 aromatic rings. The number of nitrogens with zero attached hydrogens (tertiary/aromatic N) is 6. The van der Waals surface area contributed by atoms with Gasteiger partial charge in [0, 0.05) is 35.6 Å². The van der Waals surface area contributed by atoms with Crippen molar-refractivity contribution in [3.8, 4) is 23.1 Å². The molecule has 0 radical (unpaired) electrons. The van der Waals surface area contributed by atoms with Gasteiger partial charge in [0.2, 0.25) is 5.60 Å². The first kappa shape index (κ1) is 32.3. The Balaban J connectivity index is 1.10.